The molecular formula is C21H31N2O7S+. The Kier molecular flexibility index (Phi) is 9.54. The van der Waals surface area contributed by atoms with Crippen LogP contribution in [0.1, 0.15) is 31.2 Å². The summed E-state index contributed by atoms with van der Waals surface area (Å²) in [6.07, 6.45) is 4.36. The molecule has 0 saturated heterocycles. The van der Waals surface area contributed by atoms with Gasteiger partial charge in [0.25, 0.3) is 0 Å². The van der Waals surface area contributed by atoms with Gasteiger partial charge >= 0.3 is 11.9 Å². The summed E-state index contributed by atoms with van der Waals surface area (Å²) >= 11 is 0. The summed E-state index contributed by atoms with van der Waals surface area (Å²) in [4.78, 5) is 20.2. The molecule has 0 aliphatic rings. The topological polar surface area (TPSA) is 136 Å². The molecule has 0 amide bonds. The van der Waals surface area contributed by atoms with Gasteiger partial charge in [0.05, 0.1) is 31.4 Å². The second-order valence-corrected chi connectivity index (χ2v) is 9.75. The maximum absolute atomic E-state index is 11.2. The van der Waals surface area contributed by atoms with E-state index in [4.69, 9.17) is 10.2 Å². The Morgan fingerprint density at radius 1 is 1.03 bits per heavy atom. The number of unbranched alkanes of at least 4 members (excludes halogenated alkanes) is 2. The van der Waals surface area contributed by atoms with Crippen LogP contribution in [0.2, 0.25) is 0 Å². The largest absolute Gasteiger partial charge is 0.744 e. The number of rotatable bonds is 9. The first kappa shape index (κ1) is 26.5. The van der Waals surface area contributed by atoms with Crippen molar-refractivity contribution in [1.29, 1.82) is 0 Å². The van der Waals surface area contributed by atoms with Crippen LogP contribution in [0, 0.1) is 6.92 Å². The highest BCUT2D eigenvalue weighted by Gasteiger charge is 2.13. The van der Waals surface area contributed by atoms with Gasteiger partial charge in [-0.1, -0.05) is 0 Å². The van der Waals surface area contributed by atoms with E-state index in [0.29, 0.717) is 17.4 Å². The molecule has 0 unspecified atom stereocenters. The van der Waals surface area contributed by atoms with Gasteiger partial charge in [0, 0.05) is 25.0 Å². The second-order valence-electron chi connectivity index (χ2n) is 8.37. The minimum absolute atomic E-state index is 0.171. The van der Waals surface area contributed by atoms with E-state index in [1.165, 1.54) is 12.1 Å². The van der Waals surface area contributed by atoms with Gasteiger partial charge in [-0.25, -0.2) is 13.2 Å². The zero-order valence-electron chi connectivity index (χ0n) is 18.4. The third kappa shape index (κ3) is 9.86. The maximum atomic E-state index is 11.2. The number of quaternary nitrogens is 1. The number of nitrogens with zero attached hydrogens (tertiary/aromatic N) is 2. The summed E-state index contributed by atoms with van der Waals surface area (Å²) in [5, 5.41) is 17.6. The summed E-state index contributed by atoms with van der Waals surface area (Å²) < 4.78 is 36.0. The lowest BCUT2D eigenvalue weighted by molar-refractivity contribution is -0.862. The number of benzene rings is 1. The Morgan fingerprint density at radius 3 is 2.16 bits per heavy atom. The summed E-state index contributed by atoms with van der Waals surface area (Å²) in [5.41, 5.74) is 1.75. The Balaban J connectivity index is 0.000000512. The molecule has 0 aliphatic carbocycles. The van der Waals surface area contributed by atoms with E-state index in [2.05, 4.69) is 0 Å². The molecular weight excluding hydrogens is 424 g/mol. The molecule has 2 rings (SSSR count). The highest BCUT2D eigenvalue weighted by molar-refractivity contribution is 7.85. The Labute approximate surface area is 182 Å². The molecule has 0 bridgehead atoms. The SMILES string of the molecule is C[N+](C)(C)CC(=O)O.Cc1cc[n+](CCCCCC(=O)O)c2ccc(S(=O)(=O)[O-])cc12. The molecule has 0 spiro atoms. The van der Waals surface area contributed by atoms with Gasteiger partial charge in [-0.3, -0.25) is 4.79 Å². The first-order chi connectivity index (χ1) is 14.2. The predicted octanol–water partition coefficient (Wildman–Crippen LogP) is 1.76. The van der Waals surface area contributed by atoms with Crippen molar-refractivity contribution in [3.05, 3.63) is 36.0 Å². The number of aryl methyl sites for hydroxylation is 2. The molecule has 9 nitrogen and oxygen atoms in total. The normalized spacial score (nSPS) is 11.6. The molecule has 2 aromatic rings. The lowest BCUT2D eigenvalue weighted by Gasteiger charge is -2.20. The van der Waals surface area contributed by atoms with Crippen LogP contribution in [-0.2, 0) is 26.3 Å². The molecule has 1 aromatic heterocycles. The van der Waals surface area contributed by atoms with Crippen molar-refractivity contribution in [2.45, 2.75) is 44.0 Å². The number of aromatic nitrogens is 1. The van der Waals surface area contributed by atoms with E-state index in [0.717, 1.165) is 29.3 Å². The highest BCUT2D eigenvalue weighted by atomic mass is 32.2. The van der Waals surface area contributed by atoms with Crippen LogP contribution in [0.3, 0.4) is 0 Å². The van der Waals surface area contributed by atoms with Crippen LogP contribution in [0.4, 0.5) is 0 Å². The fraction of sp³-hybridized carbons (Fsp3) is 0.476. The van der Waals surface area contributed by atoms with Crippen LogP contribution in [0.5, 0.6) is 0 Å². The monoisotopic (exact) mass is 455 g/mol. The van der Waals surface area contributed by atoms with Gasteiger partial charge in [0.15, 0.2) is 12.7 Å². The van der Waals surface area contributed by atoms with Crippen LogP contribution in [0.25, 0.3) is 10.9 Å². The van der Waals surface area contributed by atoms with E-state index in [1.807, 2.05) is 44.9 Å². The maximum Gasteiger partial charge on any atom is 0.359 e. The number of carboxylic acids is 2. The van der Waals surface area contributed by atoms with Gasteiger partial charge in [0.2, 0.25) is 5.52 Å². The molecule has 10 heteroatoms. The first-order valence-corrected chi connectivity index (χ1v) is 11.2. The molecule has 2 N–H and O–H groups in total. The van der Waals surface area contributed by atoms with Crippen molar-refractivity contribution >= 4 is 33.0 Å². The number of carboxylic acid groups (broad SMARTS) is 2. The molecule has 31 heavy (non-hydrogen) atoms. The fourth-order valence-electron chi connectivity index (χ4n) is 2.94. The number of pyridine rings is 1. The predicted molar refractivity (Wildman–Crippen MR) is 113 cm³/mol. The van der Waals surface area contributed by atoms with E-state index in [1.54, 1.807) is 6.07 Å². The molecule has 1 heterocycles. The van der Waals surface area contributed by atoms with Crippen molar-refractivity contribution in [2.24, 2.45) is 0 Å². The average molecular weight is 456 g/mol. The van der Waals surface area contributed by atoms with E-state index >= 15 is 0 Å². The van der Waals surface area contributed by atoms with Gasteiger partial charge in [-0.05, 0) is 37.5 Å². The molecule has 0 fully saturated rings. The van der Waals surface area contributed by atoms with Gasteiger partial charge < -0.3 is 19.2 Å². The Hall–Kier alpha value is -2.56. The van der Waals surface area contributed by atoms with Crippen molar-refractivity contribution in [3.8, 4) is 0 Å². The number of hydrogen-bond acceptors (Lipinski definition) is 5. The van der Waals surface area contributed by atoms with Crippen molar-refractivity contribution in [2.75, 3.05) is 27.7 Å². The minimum atomic E-state index is -4.47. The van der Waals surface area contributed by atoms with Crippen LogP contribution in [-0.4, -0.2) is 67.3 Å². The molecule has 0 aliphatic heterocycles. The second kappa shape index (κ2) is 11.2. The minimum Gasteiger partial charge on any atom is -0.744 e. The lowest BCUT2D eigenvalue weighted by atomic mass is 10.1. The molecule has 0 atom stereocenters. The highest BCUT2D eigenvalue weighted by Crippen LogP contribution is 2.19. The lowest BCUT2D eigenvalue weighted by Crippen LogP contribution is -2.39. The standard InChI is InChI=1S/C16H19NO5S.C5H11NO2/c1-12-8-10-17(9-4-2-3-5-16(18)19)15-7-6-13(11-14(12)15)23(20,21)22;1-6(2,3)4-5(7)8/h6-8,10-11H,2-5,9H2,1H3,(H-,18,19,20,21,22);4H2,1-3H3/p+1. The summed E-state index contributed by atoms with van der Waals surface area (Å²) in [6.45, 7) is 2.75. The zero-order chi connectivity index (χ0) is 23.8. The summed E-state index contributed by atoms with van der Waals surface area (Å²) in [6, 6.07) is 6.25. The van der Waals surface area contributed by atoms with E-state index < -0.39 is 22.1 Å². The summed E-state index contributed by atoms with van der Waals surface area (Å²) in [7, 11) is 1.05. The van der Waals surface area contributed by atoms with Gasteiger partial charge in [-0.2, -0.15) is 4.57 Å². The first-order valence-electron chi connectivity index (χ1n) is 9.83. The molecule has 172 valence electrons. The third-order valence-electron chi connectivity index (χ3n) is 4.39. The number of aliphatic carboxylic acids is 2. The fourth-order valence-corrected chi connectivity index (χ4v) is 3.44. The van der Waals surface area contributed by atoms with Crippen molar-refractivity contribution < 1.29 is 41.8 Å². The smallest absolute Gasteiger partial charge is 0.359 e. The van der Waals surface area contributed by atoms with Crippen molar-refractivity contribution in [1.82, 2.24) is 0 Å². The zero-order valence-corrected chi connectivity index (χ0v) is 19.2. The molecule has 0 radical (unpaired) electrons. The third-order valence-corrected chi connectivity index (χ3v) is 5.23. The van der Waals surface area contributed by atoms with E-state index in [9.17, 15) is 22.6 Å². The quantitative estimate of drug-likeness (QED) is 0.254. The van der Waals surface area contributed by atoms with Gasteiger partial charge in [-0.15, -0.1) is 0 Å². The number of hydrogen-bond donors (Lipinski definition) is 2. The average Bonchev–Trinajstić information content (AvgIpc) is 2.60. The Morgan fingerprint density at radius 2 is 1.68 bits per heavy atom. The summed E-state index contributed by atoms with van der Waals surface area (Å²) in [5.74, 6) is -1.54. The molecule has 0 saturated carbocycles. The van der Waals surface area contributed by atoms with Crippen molar-refractivity contribution in [3.63, 3.8) is 0 Å². The molecule has 1 aromatic carbocycles. The van der Waals surface area contributed by atoms with E-state index in [-0.39, 0.29) is 17.9 Å². The van der Waals surface area contributed by atoms with Crippen LogP contribution in [0.15, 0.2) is 35.4 Å². The number of likely N-dealkylation sites (N-methyl/N-ethyl adjacent to an activating group) is 1. The van der Waals surface area contributed by atoms with Gasteiger partial charge in [0.1, 0.15) is 16.7 Å². The number of carbonyl (C=O) groups is 2. The van der Waals surface area contributed by atoms with Crippen LogP contribution < -0.4 is 4.57 Å². The van der Waals surface area contributed by atoms with Crippen LogP contribution >= 0.6 is 0 Å². The number of fused-ring (bicyclic) bond motifs is 1. The Bertz CT molecular complexity index is 1030.